The van der Waals surface area contributed by atoms with E-state index in [0.29, 0.717) is 5.56 Å². The van der Waals surface area contributed by atoms with Crippen molar-refractivity contribution in [3.8, 4) is 0 Å². The molecule has 0 aliphatic heterocycles. The van der Waals surface area contributed by atoms with Crippen molar-refractivity contribution in [2.24, 2.45) is 21.7 Å². The van der Waals surface area contributed by atoms with Crippen LogP contribution in [0.25, 0.3) is 0 Å². The Bertz CT molecular complexity index is 598. The number of nitrogens with two attached hydrogens (primary N) is 2. The molecular formula is C10H14N4O5S. The van der Waals surface area contributed by atoms with E-state index < -0.39 is 10.4 Å². The molecule has 0 saturated heterocycles. The molecule has 0 aromatic heterocycles. The average Bonchev–Trinajstić information content (AvgIpc) is 2.27. The van der Waals surface area contributed by atoms with Gasteiger partial charge in [-0.15, -0.1) is 10.2 Å². The molecular weight excluding hydrogens is 288 g/mol. The van der Waals surface area contributed by atoms with Crippen LogP contribution in [0.3, 0.4) is 0 Å². The number of hydrogen-bond acceptors (Lipinski definition) is 5. The van der Waals surface area contributed by atoms with Crippen molar-refractivity contribution >= 4 is 27.9 Å². The van der Waals surface area contributed by atoms with E-state index >= 15 is 0 Å². The Kier molecular flexibility index (Phi) is 7.07. The van der Waals surface area contributed by atoms with Crippen LogP contribution in [0.1, 0.15) is 12.5 Å². The van der Waals surface area contributed by atoms with E-state index in [-0.39, 0.29) is 17.5 Å². The lowest BCUT2D eigenvalue weighted by atomic mass is 10.1. The third kappa shape index (κ3) is 9.70. The molecule has 0 spiro atoms. The first-order valence-electron chi connectivity index (χ1n) is 5.04. The summed E-state index contributed by atoms with van der Waals surface area (Å²) in [5.74, 6) is -0.365. The molecule has 0 unspecified atom stereocenters. The van der Waals surface area contributed by atoms with Crippen LogP contribution in [-0.4, -0.2) is 35.0 Å². The second kappa shape index (κ2) is 7.99. The Morgan fingerprint density at radius 3 is 1.90 bits per heavy atom. The largest absolute Gasteiger partial charge is 0.394 e. The second-order valence-corrected chi connectivity index (χ2v) is 4.24. The topological polar surface area (TPSA) is 168 Å². The van der Waals surface area contributed by atoms with Crippen molar-refractivity contribution in [1.82, 2.24) is 0 Å². The lowest BCUT2D eigenvalue weighted by Gasteiger charge is -1.99. The summed E-state index contributed by atoms with van der Waals surface area (Å²) in [7, 11) is -4.67. The van der Waals surface area contributed by atoms with E-state index in [1.54, 1.807) is 12.1 Å². The minimum absolute atomic E-state index is 0.176. The summed E-state index contributed by atoms with van der Waals surface area (Å²) in [6.45, 7) is 1.41. The zero-order chi connectivity index (χ0) is 15.8. The van der Waals surface area contributed by atoms with Crippen LogP contribution in [0.4, 0.5) is 0 Å². The Morgan fingerprint density at radius 2 is 1.55 bits per heavy atom. The van der Waals surface area contributed by atoms with E-state index in [9.17, 15) is 4.79 Å². The van der Waals surface area contributed by atoms with E-state index in [1.165, 1.54) is 6.92 Å². The number of benzene rings is 1. The summed E-state index contributed by atoms with van der Waals surface area (Å²) in [4.78, 5) is 11.3. The maximum atomic E-state index is 11.3. The maximum Gasteiger partial charge on any atom is 0.394 e. The average molecular weight is 302 g/mol. The second-order valence-electron chi connectivity index (χ2n) is 3.34. The maximum absolute atomic E-state index is 11.3. The van der Waals surface area contributed by atoms with Gasteiger partial charge in [0.25, 0.3) is 0 Å². The molecule has 0 bridgehead atoms. The number of Topliss-reactive ketones (excluding diaryl/α,β-unsaturated/α-hetero) is 1. The van der Waals surface area contributed by atoms with Gasteiger partial charge in [0, 0.05) is 12.5 Å². The third-order valence-electron chi connectivity index (χ3n) is 1.65. The SMILES string of the molecule is CC(=O)/C(=N/N=C(N)N)c1ccccc1.O=S(=O)(O)O. The van der Waals surface area contributed by atoms with Crippen molar-refractivity contribution < 1.29 is 22.3 Å². The molecule has 0 amide bonds. The van der Waals surface area contributed by atoms with Gasteiger partial charge in [-0.25, -0.2) is 0 Å². The molecule has 9 nitrogen and oxygen atoms in total. The number of nitrogens with zero attached hydrogens (tertiary/aromatic N) is 2. The summed E-state index contributed by atoms with van der Waals surface area (Å²) in [6.07, 6.45) is 0. The zero-order valence-corrected chi connectivity index (χ0v) is 11.3. The van der Waals surface area contributed by atoms with Gasteiger partial charge in [0.15, 0.2) is 5.78 Å². The molecule has 0 saturated carbocycles. The fourth-order valence-electron chi connectivity index (χ4n) is 1.04. The van der Waals surface area contributed by atoms with Gasteiger partial charge < -0.3 is 11.5 Å². The van der Waals surface area contributed by atoms with Gasteiger partial charge in [-0.2, -0.15) is 8.42 Å². The molecule has 10 heteroatoms. The van der Waals surface area contributed by atoms with Crippen molar-refractivity contribution in [3.63, 3.8) is 0 Å². The predicted octanol–water partition coefficient (Wildman–Crippen LogP) is -0.400. The van der Waals surface area contributed by atoms with Crippen LogP contribution in [-0.2, 0) is 15.2 Å². The van der Waals surface area contributed by atoms with Gasteiger partial charge in [0.1, 0.15) is 5.71 Å². The van der Waals surface area contributed by atoms with Gasteiger partial charge >= 0.3 is 10.4 Å². The highest BCUT2D eigenvalue weighted by Crippen LogP contribution is 2.02. The highest BCUT2D eigenvalue weighted by molar-refractivity contribution is 7.79. The number of carbonyl (C=O) groups is 1. The Labute approximate surface area is 115 Å². The molecule has 0 aliphatic carbocycles. The fraction of sp³-hybridized carbons (Fsp3) is 0.100. The molecule has 0 fully saturated rings. The Hall–Kier alpha value is -2.30. The van der Waals surface area contributed by atoms with Crippen molar-refractivity contribution in [2.75, 3.05) is 0 Å². The number of rotatable bonds is 3. The molecule has 0 atom stereocenters. The zero-order valence-electron chi connectivity index (χ0n) is 10.5. The normalized spacial score (nSPS) is 11.1. The standard InChI is InChI=1S/C10H12N4O.H2O4S/c1-7(15)9(13-14-10(11)12)8-5-3-2-4-6-8;1-5(2,3)4/h2-6H,1H3,(H4,11,12,14);(H2,1,2,3,4)/b13-9-;. The van der Waals surface area contributed by atoms with Crippen LogP contribution in [0.2, 0.25) is 0 Å². The first-order chi connectivity index (χ1) is 9.11. The van der Waals surface area contributed by atoms with E-state index in [4.69, 9.17) is 29.0 Å². The molecule has 1 aromatic carbocycles. The summed E-state index contributed by atoms with van der Waals surface area (Å²) < 4.78 is 31.6. The number of ketones is 1. The first kappa shape index (κ1) is 17.7. The highest BCUT2D eigenvalue weighted by atomic mass is 32.3. The van der Waals surface area contributed by atoms with Gasteiger partial charge in [-0.05, 0) is 0 Å². The third-order valence-corrected chi connectivity index (χ3v) is 1.65. The monoisotopic (exact) mass is 302 g/mol. The summed E-state index contributed by atoms with van der Waals surface area (Å²) in [6, 6.07) is 9.00. The van der Waals surface area contributed by atoms with Crippen LogP contribution in [0.5, 0.6) is 0 Å². The van der Waals surface area contributed by atoms with Crippen molar-refractivity contribution in [1.29, 1.82) is 0 Å². The molecule has 1 aromatic rings. The molecule has 110 valence electrons. The summed E-state index contributed by atoms with van der Waals surface area (Å²) >= 11 is 0. The molecule has 0 aliphatic rings. The summed E-state index contributed by atoms with van der Waals surface area (Å²) in [5.41, 5.74) is 11.2. The van der Waals surface area contributed by atoms with Gasteiger partial charge in [-0.1, -0.05) is 30.3 Å². The van der Waals surface area contributed by atoms with Crippen LogP contribution in [0, 0.1) is 0 Å². The Balaban J connectivity index is 0.000000621. The van der Waals surface area contributed by atoms with Crippen LogP contribution in [0.15, 0.2) is 40.5 Å². The smallest absolute Gasteiger partial charge is 0.369 e. The highest BCUT2D eigenvalue weighted by Gasteiger charge is 2.08. The quantitative estimate of drug-likeness (QED) is 0.255. The predicted molar refractivity (Wildman–Crippen MR) is 73.6 cm³/mol. The van der Waals surface area contributed by atoms with E-state index in [1.807, 2.05) is 18.2 Å². The van der Waals surface area contributed by atoms with Crippen molar-refractivity contribution in [3.05, 3.63) is 35.9 Å². The van der Waals surface area contributed by atoms with Crippen LogP contribution >= 0.6 is 0 Å². The fourth-order valence-corrected chi connectivity index (χ4v) is 1.04. The minimum atomic E-state index is -4.67. The first-order valence-corrected chi connectivity index (χ1v) is 6.43. The molecule has 0 radical (unpaired) electrons. The minimum Gasteiger partial charge on any atom is -0.369 e. The number of carbonyl (C=O) groups excluding carboxylic acids is 1. The van der Waals surface area contributed by atoms with Crippen LogP contribution < -0.4 is 11.5 Å². The van der Waals surface area contributed by atoms with Crippen molar-refractivity contribution in [2.45, 2.75) is 6.92 Å². The molecule has 20 heavy (non-hydrogen) atoms. The molecule has 0 heterocycles. The van der Waals surface area contributed by atoms with Gasteiger partial charge in [0.2, 0.25) is 5.96 Å². The lowest BCUT2D eigenvalue weighted by molar-refractivity contribution is -0.111. The van der Waals surface area contributed by atoms with E-state index in [2.05, 4.69) is 10.2 Å². The van der Waals surface area contributed by atoms with Gasteiger partial charge in [0.05, 0.1) is 0 Å². The molecule has 6 N–H and O–H groups in total. The number of guanidine groups is 1. The lowest BCUT2D eigenvalue weighted by Crippen LogP contribution is -2.22. The summed E-state index contributed by atoms with van der Waals surface area (Å²) in [5, 5.41) is 7.16. The van der Waals surface area contributed by atoms with E-state index in [0.717, 1.165) is 0 Å². The molecule has 1 rings (SSSR count). The number of hydrogen-bond donors (Lipinski definition) is 4. The van der Waals surface area contributed by atoms with Gasteiger partial charge in [-0.3, -0.25) is 13.9 Å². The Morgan fingerprint density at radius 1 is 1.10 bits per heavy atom.